The van der Waals surface area contributed by atoms with Crippen LogP contribution in [0.15, 0.2) is 12.1 Å². The zero-order chi connectivity index (χ0) is 11.5. The van der Waals surface area contributed by atoms with Gasteiger partial charge in [0.25, 0.3) is 0 Å². The predicted octanol–water partition coefficient (Wildman–Crippen LogP) is 3.17. The van der Waals surface area contributed by atoms with Crippen LogP contribution in [0.4, 0.5) is 11.4 Å². The van der Waals surface area contributed by atoms with Crippen LogP contribution in [-0.4, -0.2) is 19.3 Å². The van der Waals surface area contributed by atoms with Gasteiger partial charge in [-0.15, -0.1) is 0 Å². The maximum atomic E-state index is 6.10. The maximum absolute atomic E-state index is 6.10. The SMILES string of the molecule is Nc1cc(Cl)c(NC2CCOCC2)c(Cl)c1. The summed E-state index contributed by atoms with van der Waals surface area (Å²) in [7, 11) is 0. The molecular weight excluding hydrogens is 247 g/mol. The van der Waals surface area contributed by atoms with Gasteiger partial charge in [-0.05, 0) is 25.0 Å². The average Bonchev–Trinajstić information content (AvgIpc) is 2.25. The van der Waals surface area contributed by atoms with Gasteiger partial charge in [0.2, 0.25) is 0 Å². The van der Waals surface area contributed by atoms with Crippen molar-refractivity contribution in [3.63, 3.8) is 0 Å². The summed E-state index contributed by atoms with van der Waals surface area (Å²) in [5, 5.41) is 4.48. The summed E-state index contributed by atoms with van der Waals surface area (Å²) in [6.07, 6.45) is 1.94. The van der Waals surface area contributed by atoms with E-state index in [4.69, 9.17) is 33.7 Å². The lowest BCUT2D eigenvalue weighted by atomic mass is 10.1. The van der Waals surface area contributed by atoms with Gasteiger partial charge in [-0.3, -0.25) is 0 Å². The molecule has 3 N–H and O–H groups in total. The van der Waals surface area contributed by atoms with Crippen LogP contribution in [0, 0.1) is 0 Å². The van der Waals surface area contributed by atoms with E-state index >= 15 is 0 Å². The molecule has 0 aliphatic carbocycles. The van der Waals surface area contributed by atoms with Crippen molar-refractivity contribution in [3.05, 3.63) is 22.2 Å². The number of ether oxygens (including phenoxy) is 1. The van der Waals surface area contributed by atoms with Crippen LogP contribution < -0.4 is 11.1 Å². The topological polar surface area (TPSA) is 47.3 Å². The molecule has 0 aromatic heterocycles. The Bertz CT molecular complexity index is 355. The number of nitrogens with one attached hydrogen (secondary N) is 1. The van der Waals surface area contributed by atoms with E-state index in [0.717, 1.165) is 31.7 Å². The van der Waals surface area contributed by atoms with Gasteiger partial charge >= 0.3 is 0 Å². The first kappa shape index (κ1) is 11.8. The Morgan fingerprint density at radius 2 is 1.75 bits per heavy atom. The van der Waals surface area contributed by atoms with Crippen LogP contribution in [0.3, 0.4) is 0 Å². The monoisotopic (exact) mass is 260 g/mol. The van der Waals surface area contributed by atoms with E-state index < -0.39 is 0 Å². The van der Waals surface area contributed by atoms with Gasteiger partial charge in [0.05, 0.1) is 15.7 Å². The minimum Gasteiger partial charge on any atom is -0.399 e. The van der Waals surface area contributed by atoms with E-state index in [1.165, 1.54) is 0 Å². The Balaban J connectivity index is 2.14. The van der Waals surface area contributed by atoms with Gasteiger partial charge in [0, 0.05) is 24.9 Å². The lowest BCUT2D eigenvalue weighted by molar-refractivity contribution is 0.0904. The van der Waals surface area contributed by atoms with Crippen molar-refractivity contribution in [1.82, 2.24) is 0 Å². The molecule has 1 aliphatic rings. The van der Waals surface area contributed by atoms with E-state index in [9.17, 15) is 0 Å². The van der Waals surface area contributed by atoms with Crippen LogP contribution in [0.5, 0.6) is 0 Å². The normalized spacial score (nSPS) is 17.4. The Morgan fingerprint density at radius 1 is 1.19 bits per heavy atom. The van der Waals surface area contributed by atoms with Crippen molar-refractivity contribution in [1.29, 1.82) is 0 Å². The van der Waals surface area contributed by atoms with Gasteiger partial charge in [-0.2, -0.15) is 0 Å². The molecule has 1 aromatic carbocycles. The molecule has 1 heterocycles. The van der Waals surface area contributed by atoms with Crippen molar-refractivity contribution in [2.75, 3.05) is 24.3 Å². The minimum absolute atomic E-state index is 0.368. The largest absolute Gasteiger partial charge is 0.399 e. The van der Waals surface area contributed by atoms with E-state index in [1.54, 1.807) is 12.1 Å². The van der Waals surface area contributed by atoms with Crippen LogP contribution >= 0.6 is 23.2 Å². The van der Waals surface area contributed by atoms with Crippen molar-refractivity contribution in [2.24, 2.45) is 0 Å². The molecule has 0 atom stereocenters. The molecule has 1 aromatic rings. The first-order valence-electron chi connectivity index (χ1n) is 5.25. The number of hydrogen-bond donors (Lipinski definition) is 2. The van der Waals surface area contributed by atoms with E-state index in [-0.39, 0.29) is 0 Å². The summed E-state index contributed by atoms with van der Waals surface area (Å²) in [5.41, 5.74) is 6.99. The summed E-state index contributed by atoms with van der Waals surface area (Å²) in [5.74, 6) is 0. The number of anilines is 2. The molecular formula is C11H14Cl2N2O. The van der Waals surface area contributed by atoms with Gasteiger partial charge in [0.15, 0.2) is 0 Å². The molecule has 2 rings (SSSR count). The first-order chi connectivity index (χ1) is 7.66. The number of rotatable bonds is 2. The molecule has 0 bridgehead atoms. The van der Waals surface area contributed by atoms with Crippen LogP contribution in [0.2, 0.25) is 10.0 Å². The summed E-state index contributed by atoms with van der Waals surface area (Å²) >= 11 is 12.2. The Morgan fingerprint density at radius 3 is 2.31 bits per heavy atom. The smallest absolute Gasteiger partial charge is 0.0722 e. The fraction of sp³-hybridized carbons (Fsp3) is 0.455. The molecule has 0 unspecified atom stereocenters. The Kier molecular flexibility index (Phi) is 3.79. The number of hydrogen-bond acceptors (Lipinski definition) is 3. The third-order valence-electron chi connectivity index (χ3n) is 2.63. The standard InChI is InChI=1S/C11H14Cl2N2O/c12-9-5-7(14)6-10(13)11(9)15-8-1-3-16-4-2-8/h5-6,8,15H,1-4,14H2. The molecule has 16 heavy (non-hydrogen) atoms. The summed E-state index contributed by atoms with van der Waals surface area (Å²) in [4.78, 5) is 0. The number of nitrogens with two attached hydrogens (primary N) is 1. The quantitative estimate of drug-likeness (QED) is 0.804. The van der Waals surface area contributed by atoms with E-state index in [1.807, 2.05) is 0 Å². The zero-order valence-electron chi connectivity index (χ0n) is 8.80. The van der Waals surface area contributed by atoms with Crippen molar-refractivity contribution in [3.8, 4) is 0 Å². The van der Waals surface area contributed by atoms with Crippen LogP contribution in [-0.2, 0) is 4.74 Å². The summed E-state index contributed by atoms with van der Waals surface area (Å²) < 4.78 is 5.29. The summed E-state index contributed by atoms with van der Waals surface area (Å²) in [6.45, 7) is 1.56. The fourth-order valence-electron chi connectivity index (χ4n) is 1.78. The molecule has 1 fully saturated rings. The van der Waals surface area contributed by atoms with Gasteiger partial charge < -0.3 is 15.8 Å². The third kappa shape index (κ3) is 2.73. The van der Waals surface area contributed by atoms with Gasteiger partial charge in [-0.1, -0.05) is 23.2 Å². The Hall–Kier alpha value is -0.640. The highest BCUT2D eigenvalue weighted by Crippen LogP contribution is 2.34. The molecule has 0 saturated carbocycles. The van der Waals surface area contributed by atoms with E-state index in [2.05, 4.69) is 5.32 Å². The molecule has 5 heteroatoms. The van der Waals surface area contributed by atoms with Crippen molar-refractivity contribution < 1.29 is 4.74 Å². The second-order valence-corrected chi connectivity index (χ2v) is 4.70. The molecule has 3 nitrogen and oxygen atoms in total. The molecule has 1 saturated heterocycles. The molecule has 88 valence electrons. The van der Waals surface area contributed by atoms with Gasteiger partial charge in [-0.25, -0.2) is 0 Å². The number of halogens is 2. The molecule has 0 spiro atoms. The molecule has 0 radical (unpaired) electrons. The molecule has 0 amide bonds. The van der Waals surface area contributed by atoms with Crippen molar-refractivity contribution in [2.45, 2.75) is 18.9 Å². The first-order valence-corrected chi connectivity index (χ1v) is 6.01. The van der Waals surface area contributed by atoms with E-state index in [0.29, 0.717) is 21.8 Å². The zero-order valence-corrected chi connectivity index (χ0v) is 10.3. The van der Waals surface area contributed by atoms with Gasteiger partial charge in [0.1, 0.15) is 0 Å². The average molecular weight is 261 g/mol. The fourth-order valence-corrected chi connectivity index (χ4v) is 2.39. The lowest BCUT2D eigenvalue weighted by Gasteiger charge is -2.25. The maximum Gasteiger partial charge on any atom is 0.0722 e. The Labute approximate surface area is 105 Å². The highest BCUT2D eigenvalue weighted by molar-refractivity contribution is 6.39. The highest BCUT2D eigenvalue weighted by atomic mass is 35.5. The second-order valence-electron chi connectivity index (χ2n) is 3.89. The van der Waals surface area contributed by atoms with Crippen molar-refractivity contribution >= 4 is 34.6 Å². The number of nitrogen functional groups attached to an aromatic ring is 1. The predicted molar refractivity (Wildman–Crippen MR) is 68.3 cm³/mol. The van der Waals surface area contributed by atoms with Crippen LogP contribution in [0.25, 0.3) is 0 Å². The number of benzene rings is 1. The third-order valence-corrected chi connectivity index (χ3v) is 3.23. The minimum atomic E-state index is 0.368. The lowest BCUT2D eigenvalue weighted by Crippen LogP contribution is -2.28. The molecule has 1 aliphatic heterocycles. The second kappa shape index (κ2) is 5.13. The van der Waals surface area contributed by atoms with Crippen LogP contribution in [0.1, 0.15) is 12.8 Å². The highest BCUT2D eigenvalue weighted by Gasteiger charge is 2.16. The summed E-state index contributed by atoms with van der Waals surface area (Å²) in [6, 6.07) is 3.77.